The van der Waals surface area contributed by atoms with E-state index in [0.29, 0.717) is 27.4 Å². The first-order valence-corrected chi connectivity index (χ1v) is 10.1. The first-order valence-electron chi connectivity index (χ1n) is 9.14. The molecule has 1 fully saturated rings. The third-order valence-electron chi connectivity index (χ3n) is 4.82. The Morgan fingerprint density at radius 1 is 1.32 bits per heavy atom. The van der Waals surface area contributed by atoms with Gasteiger partial charge in [0.25, 0.3) is 0 Å². The average molecular weight is 397 g/mol. The van der Waals surface area contributed by atoms with Crippen LogP contribution in [0.5, 0.6) is 0 Å². The van der Waals surface area contributed by atoms with Gasteiger partial charge in [-0.15, -0.1) is 0 Å². The molecule has 3 aromatic rings. The number of ether oxygens (including phenoxy) is 1. The molecule has 0 atom stereocenters. The molecule has 28 heavy (non-hydrogen) atoms. The smallest absolute Gasteiger partial charge is 0.190 e. The number of nitrogens with zero attached hydrogens (tertiary/aromatic N) is 4. The van der Waals surface area contributed by atoms with Crippen LogP contribution in [0.2, 0.25) is 0 Å². The molecule has 1 N–H and O–H groups in total. The number of aromatic nitrogens is 3. The lowest BCUT2D eigenvalue weighted by atomic mass is 10.0. The molecule has 0 amide bonds. The van der Waals surface area contributed by atoms with E-state index in [2.05, 4.69) is 20.9 Å². The second kappa shape index (κ2) is 8.27. The zero-order valence-corrected chi connectivity index (χ0v) is 16.4. The number of nitrogens with one attached hydrogen (secondary N) is 1. The van der Waals surface area contributed by atoms with Crippen LogP contribution < -0.4 is 0 Å². The molecule has 8 heteroatoms. The fourth-order valence-corrected chi connectivity index (χ4v) is 4.19. The second-order valence-corrected chi connectivity index (χ2v) is 7.72. The largest absolute Gasteiger partial charge is 0.379 e. The highest BCUT2D eigenvalue weighted by atomic mass is 32.2. The lowest BCUT2D eigenvalue weighted by Gasteiger charge is -2.26. The van der Waals surface area contributed by atoms with E-state index in [4.69, 9.17) is 9.72 Å². The Balaban J connectivity index is 1.66. The predicted molar refractivity (Wildman–Crippen MR) is 107 cm³/mol. The van der Waals surface area contributed by atoms with Gasteiger partial charge >= 0.3 is 0 Å². The van der Waals surface area contributed by atoms with Crippen molar-refractivity contribution in [2.45, 2.75) is 12.1 Å². The minimum absolute atomic E-state index is 0.291. The van der Waals surface area contributed by atoms with Crippen molar-refractivity contribution in [1.29, 1.82) is 5.26 Å². The fraction of sp³-hybridized carbons (Fsp3) is 0.350. The van der Waals surface area contributed by atoms with Gasteiger partial charge in [-0.25, -0.2) is 14.4 Å². The van der Waals surface area contributed by atoms with E-state index in [9.17, 15) is 9.65 Å². The van der Waals surface area contributed by atoms with Crippen LogP contribution in [-0.2, 0) is 4.74 Å². The zero-order chi connectivity index (χ0) is 19.5. The summed E-state index contributed by atoms with van der Waals surface area (Å²) in [6.45, 7) is 6.23. The van der Waals surface area contributed by atoms with Crippen LogP contribution in [0.15, 0.2) is 29.6 Å². The normalized spacial score (nSPS) is 15.0. The summed E-state index contributed by atoms with van der Waals surface area (Å²) in [6, 6.07) is 6.79. The number of rotatable bonds is 5. The minimum atomic E-state index is -0.291. The molecule has 0 unspecified atom stereocenters. The van der Waals surface area contributed by atoms with Crippen LogP contribution in [0.25, 0.3) is 22.3 Å². The lowest BCUT2D eigenvalue weighted by Crippen LogP contribution is -2.37. The molecule has 144 valence electrons. The number of hydrogen-bond acceptors (Lipinski definition) is 6. The number of aromatic amines is 1. The minimum Gasteiger partial charge on any atom is -0.379 e. The zero-order valence-electron chi connectivity index (χ0n) is 15.5. The summed E-state index contributed by atoms with van der Waals surface area (Å²) >= 11 is 1.58. The van der Waals surface area contributed by atoms with Crippen molar-refractivity contribution in [3.05, 3.63) is 41.3 Å². The van der Waals surface area contributed by atoms with E-state index >= 15 is 0 Å². The summed E-state index contributed by atoms with van der Waals surface area (Å²) in [5.74, 6) is 0.570. The molecule has 2 aromatic heterocycles. The van der Waals surface area contributed by atoms with E-state index < -0.39 is 0 Å². The molecular weight excluding hydrogens is 377 g/mol. The Kier molecular flexibility index (Phi) is 5.57. The number of nitriles is 1. The Labute approximate surface area is 166 Å². The second-order valence-electron chi connectivity index (χ2n) is 6.65. The Morgan fingerprint density at radius 2 is 2.14 bits per heavy atom. The first kappa shape index (κ1) is 18.9. The molecule has 4 rings (SSSR count). The third kappa shape index (κ3) is 3.87. The predicted octanol–water partition coefficient (Wildman–Crippen LogP) is 3.37. The number of benzene rings is 1. The van der Waals surface area contributed by atoms with Crippen molar-refractivity contribution in [3.8, 4) is 17.3 Å². The van der Waals surface area contributed by atoms with Crippen molar-refractivity contribution >= 4 is 22.8 Å². The molecule has 1 saturated heterocycles. The molecule has 1 aliphatic heterocycles. The van der Waals surface area contributed by atoms with Crippen LogP contribution in [-0.4, -0.2) is 58.5 Å². The van der Waals surface area contributed by atoms with Crippen LogP contribution in [0.1, 0.15) is 11.1 Å². The number of hydrogen-bond donors (Lipinski definition) is 1. The van der Waals surface area contributed by atoms with Gasteiger partial charge in [-0.1, -0.05) is 11.8 Å². The summed E-state index contributed by atoms with van der Waals surface area (Å²) in [7, 11) is 0. The Bertz CT molecular complexity index is 1040. The molecule has 1 aromatic carbocycles. The number of morpholine rings is 1. The van der Waals surface area contributed by atoms with Crippen LogP contribution in [0, 0.1) is 24.1 Å². The molecule has 3 heterocycles. The van der Waals surface area contributed by atoms with Crippen molar-refractivity contribution in [2.75, 3.05) is 38.6 Å². The van der Waals surface area contributed by atoms with E-state index in [-0.39, 0.29) is 5.82 Å². The topological polar surface area (TPSA) is 77.8 Å². The molecular formula is C20H20FN5OS. The van der Waals surface area contributed by atoms with Crippen molar-refractivity contribution in [1.82, 2.24) is 19.9 Å². The molecule has 0 spiro atoms. The molecule has 1 aliphatic rings. The molecule has 6 nitrogen and oxygen atoms in total. The maximum Gasteiger partial charge on any atom is 0.190 e. The average Bonchev–Trinajstić information content (AvgIpc) is 3.11. The van der Waals surface area contributed by atoms with Crippen LogP contribution in [0.3, 0.4) is 0 Å². The SMILES string of the molecule is Cc1cc(F)ccc1-c1nc(SCCN2CCOCC2)nc2[nH]cc(C#N)c12. The Hall–Kier alpha value is -2.47. The maximum absolute atomic E-state index is 13.6. The molecule has 0 saturated carbocycles. The van der Waals surface area contributed by atoms with Gasteiger partial charge in [0.1, 0.15) is 17.5 Å². The van der Waals surface area contributed by atoms with Crippen molar-refractivity contribution < 1.29 is 9.13 Å². The van der Waals surface area contributed by atoms with Crippen molar-refractivity contribution in [2.24, 2.45) is 0 Å². The number of thioether (sulfide) groups is 1. The maximum atomic E-state index is 13.6. The summed E-state index contributed by atoms with van der Waals surface area (Å²) in [5.41, 5.74) is 3.35. The van der Waals surface area contributed by atoms with Gasteiger partial charge in [0.2, 0.25) is 0 Å². The van der Waals surface area contributed by atoms with Crippen molar-refractivity contribution in [3.63, 3.8) is 0 Å². The molecule has 0 aliphatic carbocycles. The van der Waals surface area contributed by atoms with Gasteiger partial charge in [0.15, 0.2) is 5.16 Å². The van der Waals surface area contributed by atoms with Gasteiger partial charge in [0, 0.05) is 37.1 Å². The molecule has 0 bridgehead atoms. The van der Waals surface area contributed by atoms with Gasteiger partial charge in [0.05, 0.1) is 29.9 Å². The lowest BCUT2D eigenvalue weighted by molar-refractivity contribution is 0.0410. The number of aryl methyl sites for hydroxylation is 1. The van der Waals surface area contributed by atoms with Gasteiger partial charge < -0.3 is 9.72 Å². The van der Waals surface area contributed by atoms with Gasteiger partial charge in [-0.2, -0.15) is 5.26 Å². The standard InChI is InChI=1S/C20H20FN5OS/c1-13-10-15(21)2-3-16(13)18-17-14(11-22)12-23-19(17)25-20(24-18)28-9-6-26-4-7-27-8-5-26/h2-3,10,12H,4-9H2,1H3,(H,23,24,25). The summed E-state index contributed by atoms with van der Waals surface area (Å²) in [6.07, 6.45) is 1.64. The number of H-pyrrole nitrogens is 1. The first-order chi connectivity index (χ1) is 13.7. The van der Waals surface area contributed by atoms with Crippen LogP contribution in [0.4, 0.5) is 4.39 Å². The van der Waals surface area contributed by atoms with E-state index in [0.717, 1.165) is 49.7 Å². The summed E-state index contributed by atoms with van der Waals surface area (Å²) in [4.78, 5) is 14.8. The quantitative estimate of drug-likeness (QED) is 0.525. The summed E-state index contributed by atoms with van der Waals surface area (Å²) in [5, 5.41) is 10.8. The third-order valence-corrected chi connectivity index (χ3v) is 5.64. The van der Waals surface area contributed by atoms with E-state index in [1.165, 1.54) is 12.1 Å². The highest BCUT2D eigenvalue weighted by molar-refractivity contribution is 7.99. The van der Waals surface area contributed by atoms with E-state index in [1.807, 2.05) is 6.92 Å². The Morgan fingerprint density at radius 3 is 2.89 bits per heavy atom. The monoisotopic (exact) mass is 397 g/mol. The number of fused-ring (bicyclic) bond motifs is 1. The fourth-order valence-electron chi connectivity index (χ4n) is 3.34. The highest BCUT2D eigenvalue weighted by Crippen LogP contribution is 2.32. The van der Waals surface area contributed by atoms with E-state index in [1.54, 1.807) is 24.0 Å². The summed E-state index contributed by atoms with van der Waals surface area (Å²) < 4.78 is 19.0. The highest BCUT2D eigenvalue weighted by Gasteiger charge is 2.18. The van der Waals surface area contributed by atoms with Gasteiger partial charge in [-0.05, 0) is 30.7 Å². The number of halogens is 1. The van der Waals surface area contributed by atoms with Crippen LogP contribution >= 0.6 is 11.8 Å². The molecule has 0 radical (unpaired) electrons. The van der Waals surface area contributed by atoms with Gasteiger partial charge in [-0.3, -0.25) is 4.90 Å².